The fourth-order valence-corrected chi connectivity index (χ4v) is 3.15. The van der Waals surface area contributed by atoms with Gasteiger partial charge in [-0.05, 0) is 12.8 Å². The molecule has 1 N–H and O–H groups in total. The Kier molecular flexibility index (Phi) is 4.42. The van der Waals surface area contributed by atoms with E-state index in [1.165, 1.54) is 4.57 Å². The lowest BCUT2D eigenvalue weighted by Crippen LogP contribution is -2.28. The maximum absolute atomic E-state index is 13.3. The number of hydrogen-bond donors (Lipinski definition) is 1. The van der Waals surface area contributed by atoms with E-state index in [0.29, 0.717) is 25.2 Å². The van der Waals surface area contributed by atoms with Gasteiger partial charge in [0.05, 0.1) is 5.69 Å². The molecule has 1 unspecified atom stereocenters. The number of fused-ring (bicyclic) bond motifs is 1. The van der Waals surface area contributed by atoms with Gasteiger partial charge in [0.15, 0.2) is 0 Å². The minimum absolute atomic E-state index is 0.170. The lowest BCUT2D eigenvalue weighted by atomic mass is 9.94. The Hall–Kier alpha value is -1.04. The second-order valence-corrected chi connectivity index (χ2v) is 5.44. The zero-order valence-corrected chi connectivity index (χ0v) is 12.2. The van der Waals surface area contributed by atoms with Crippen molar-refractivity contribution < 1.29 is 13.2 Å². The van der Waals surface area contributed by atoms with E-state index in [0.717, 1.165) is 18.5 Å². The molecule has 1 aliphatic rings. The molecule has 20 heavy (non-hydrogen) atoms. The van der Waals surface area contributed by atoms with Gasteiger partial charge in [0, 0.05) is 31.2 Å². The molecule has 3 nitrogen and oxygen atoms in total. The third kappa shape index (κ3) is 2.71. The van der Waals surface area contributed by atoms with Gasteiger partial charge in [0.1, 0.15) is 0 Å². The van der Waals surface area contributed by atoms with E-state index in [1.807, 2.05) is 20.8 Å². The predicted molar refractivity (Wildman–Crippen MR) is 71.4 cm³/mol. The molecule has 0 aromatic carbocycles. The first-order chi connectivity index (χ1) is 9.40. The lowest BCUT2D eigenvalue weighted by Gasteiger charge is -2.28. The maximum Gasteiger partial charge on any atom is 0.449 e. The highest BCUT2D eigenvalue weighted by molar-refractivity contribution is 5.22. The number of nitrogens with zero attached hydrogens (tertiary/aromatic N) is 2. The molecule has 0 aliphatic carbocycles. The van der Waals surface area contributed by atoms with Gasteiger partial charge in [-0.25, -0.2) is 4.98 Å². The molecule has 0 radical (unpaired) electrons. The molecule has 0 fully saturated rings. The van der Waals surface area contributed by atoms with E-state index >= 15 is 0 Å². The van der Waals surface area contributed by atoms with Gasteiger partial charge in [-0.15, -0.1) is 0 Å². The van der Waals surface area contributed by atoms with Crippen LogP contribution < -0.4 is 5.32 Å². The number of rotatable bonds is 4. The average Bonchev–Trinajstić information content (AvgIpc) is 2.79. The molecular weight excluding hydrogens is 267 g/mol. The van der Waals surface area contributed by atoms with Crippen LogP contribution >= 0.6 is 0 Å². The summed E-state index contributed by atoms with van der Waals surface area (Å²) in [5.74, 6) is -0.491. The molecule has 0 saturated carbocycles. The summed E-state index contributed by atoms with van der Waals surface area (Å²) in [5.41, 5.74) is 1.32. The van der Waals surface area contributed by atoms with E-state index in [4.69, 9.17) is 0 Å². The standard InChI is InChI=1S/C14H22F3N3/c1-4-10(5-2)9(3)20-12-6-7-18-8-11(12)19-13(20)14(15,16)17/h9-10,18H,4-8H2,1-3H3. The molecule has 1 aliphatic heterocycles. The maximum atomic E-state index is 13.3. The molecule has 114 valence electrons. The number of nitrogens with one attached hydrogen (secondary N) is 1. The highest BCUT2D eigenvalue weighted by Crippen LogP contribution is 2.36. The Balaban J connectivity index is 2.51. The number of halogens is 3. The van der Waals surface area contributed by atoms with Gasteiger partial charge in [-0.1, -0.05) is 26.7 Å². The Bertz CT molecular complexity index is 461. The number of hydrogen-bond acceptors (Lipinski definition) is 2. The Morgan fingerprint density at radius 3 is 2.50 bits per heavy atom. The van der Waals surface area contributed by atoms with Crippen LogP contribution in [0.15, 0.2) is 0 Å². The quantitative estimate of drug-likeness (QED) is 0.918. The van der Waals surface area contributed by atoms with Crippen LogP contribution in [0.25, 0.3) is 0 Å². The predicted octanol–water partition coefficient (Wildman–Crippen LogP) is 3.54. The van der Waals surface area contributed by atoms with Gasteiger partial charge in [0.2, 0.25) is 5.82 Å². The van der Waals surface area contributed by atoms with Crippen LogP contribution in [-0.2, 0) is 19.1 Å². The minimum atomic E-state index is -4.39. The number of alkyl halides is 3. The van der Waals surface area contributed by atoms with Crippen LogP contribution in [0.5, 0.6) is 0 Å². The smallest absolute Gasteiger partial charge is 0.321 e. The Labute approximate surface area is 117 Å². The average molecular weight is 289 g/mol. The summed E-state index contributed by atoms with van der Waals surface area (Å²) in [4.78, 5) is 3.87. The first-order valence-corrected chi connectivity index (χ1v) is 7.28. The van der Waals surface area contributed by atoms with Crippen molar-refractivity contribution in [3.8, 4) is 0 Å². The fraction of sp³-hybridized carbons (Fsp3) is 0.786. The topological polar surface area (TPSA) is 29.9 Å². The van der Waals surface area contributed by atoms with Crippen LogP contribution in [0.1, 0.15) is 56.9 Å². The summed E-state index contributed by atoms with van der Waals surface area (Å²) >= 11 is 0. The number of aromatic nitrogens is 2. The zero-order valence-electron chi connectivity index (χ0n) is 12.2. The molecule has 6 heteroatoms. The van der Waals surface area contributed by atoms with Crippen LogP contribution in [0.3, 0.4) is 0 Å². The van der Waals surface area contributed by atoms with E-state index in [1.54, 1.807) is 0 Å². The first-order valence-electron chi connectivity index (χ1n) is 7.28. The highest BCUT2D eigenvalue weighted by Gasteiger charge is 2.41. The molecule has 1 aromatic heterocycles. The summed E-state index contributed by atoms with van der Waals surface area (Å²) in [6.45, 7) is 7.09. The number of imidazole rings is 1. The molecular formula is C14H22F3N3. The van der Waals surface area contributed by atoms with Crippen molar-refractivity contribution in [2.24, 2.45) is 5.92 Å². The fourth-order valence-electron chi connectivity index (χ4n) is 3.15. The lowest BCUT2D eigenvalue weighted by molar-refractivity contribution is -0.148. The van der Waals surface area contributed by atoms with Crippen LogP contribution in [-0.4, -0.2) is 16.1 Å². The monoisotopic (exact) mass is 289 g/mol. The molecule has 0 spiro atoms. The van der Waals surface area contributed by atoms with Crippen molar-refractivity contribution in [3.05, 3.63) is 17.2 Å². The van der Waals surface area contributed by atoms with E-state index in [2.05, 4.69) is 10.3 Å². The van der Waals surface area contributed by atoms with Crippen molar-refractivity contribution in [1.82, 2.24) is 14.9 Å². The molecule has 2 rings (SSSR count). The molecule has 1 atom stereocenters. The van der Waals surface area contributed by atoms with Crippen LogP contribution in [0.4, 0.5) is 13.2 Å². The van der Waals surface area contributed by atoms with Crippen molar-refractivity contribution in [3.63, 3.8) is 0 Å². The van der Waals surface area contributed by atoms with E-state index in [9.17, 15) is 13.2 Å². The molecule has 0 saturated heterocycles. The van der Waals surface area contributed by atoms with Crippen molar-refractivity contribution >= 4 is 0 Å². The zero-order chi connectivity index (χ0) is 14.9. The summed E-state index contributed by atoms with van der Waals surface area (Å²) in [5, 5.41) is 3.09. The normalized spacial score (nSPS) is 17.4. The van der Waals surface area contributed by atoms with E-state index in [-0.39, 0.29) is 12.0 Å². The molecule has 0 amide bonds. The van der Waals surface area contributed by atoms with E-state index < -0.39 is 12.0 Å². The van der Waals surface area contributed by atoms with Gasteiger partial charge in [-0.2, -0.15) is 13.2 Å². The third-order valence-electron chi connectivity index (χ3n) is 4.32. The summed E-state index contributed by atoms with van der Waals surface area (Å²) < 4.78 is 41.2. The van der Waals surface area contributed by atoms with Gasteiger partial charge < -0.3 is 9.88 Å². The largest absolute Gasteiger partial charge is 0.449 e. The summed E-state index contributed by atoms with van der Waals surface area (Å²) in [6, 6.07) is -0.170. The van der Waals surface area contributed by atoms with Gasteiger partial charge in [-0.3, -0.25) is 0 Å². The Morgan fingerprint density at radius 1 is 1.30 bits per heavy atom. The second kappa shape index (κ2) is 5.76. The van der Waals surface area contributed by atoms with Gasteiger partial charge in [0.25, 0.3) is 0 Å². The summed E-state index contributed by atoms with van der Waals surface area (Å²) in [6.07, 6.45) is -2.03. The minimum Gasteiger partial charge on any atom is -0.321 e. The summed E-state index contributed by atoms with van der Waals surface area (Å²) in [7, 11) is 0. The van der Waals surface area contributed by atoms with Crippen molar-refractivity contribution in [2.75, 3.05) is 6.54 Å². The molecule has 0 bridgehead atoms. The van der Waals surface area contributed by atoms with Crippen LogP contribution in [0, 0.1) is 5.92 Å². The SMILES string of the molecule is CCC(CC)C(C)n1c(C(F)(F)F)nc2c1CCNC2. The third-order valence-corrected chi connectivity index (χ3v) is 4.32. The van der Waals surface area contributed by atoms with Crippen LogP contribution in [0.2, 0.25) is 0 Å². The highest BCUT2D eigenvalue weighted by atomic mass is 19.4. The van der Waals surface area contributed by atoms with Crippen molar-refractivity contribution in [2.45, 2.75) is 58.8 Å². The van der Waals surface area contributed by atoms with Crippen molar-refractivity contribution in [1.29, 1.82) is 0 Å². The van der Waals surface area contributed by atoms with Gasteiger partial charge >= 0.3 is 6.18 Å². The Morgan fingerprint density at radius 2 is 1.95 bits per heavy atom. The first kappa shape index (κ1) is 15.4. The molecule has 2 heterocycles. The molecule has 1 aromatic rings. The second-order valence-electron chi connectivity index (χ2n) is 5.44.